The zero-order chi connectivity index (χ0) is 30.4. The Labute approximate surface area is 242 Å². The van der Waals surface area contributed by atoms with Crippen molar-refractivity contribution in [2.75, 3.05) is 7.05 Å². The van der Waals surface area contributed by atoms with E-state index in [1.165, 1.54) is 62.6 Å². The van der Waals surface area contributed by atoms with Gasteiger partial charge in [0.1, 0.15) is 40.4 Å². The number of nitrogens with zero attached hydrogens (tertiary/aromatic N) is 2. The molecule has 0 unspecified atom stereocenters. The summed E-state index contributed by atoms with van der Waals surface area (Å²) in [7, 11) is 1.39. The molecule has 3 aromatic heterocycles. The van der Waals surface area contributed by atoms with Crippen molar-refractivity contribution >= 4 is 33.9 Å². The van der Waals surface area contributed by atoms with Gasteiger partial charge in [-0.1, -0.05) is 0 Å². The standard InChI is InChI=1S/C32H23F3N4O4/c1-15-21(12-18(13-22(15)34)30(40)38-16(2)32-39-23-14-37-11-10-24(23)43-32)20-8-9-25-26(28(20)35)27(31(41)36-3)29(42-25)17-4-6-19(33)7-5-17/h4-14,16H,1-3H3,(H,36,41)(H,38,40)/t16-/m1/s1. The molecular weight excluding hydrogens is 561 g/mol. The first-order valence-corrected chi connectivity index (χ1v) is 13.2. The molecule has 2 N–H and O–H groups in total. The van der Waals surface area contributed by atoms with Gasteiger partial charge in [-0.25, -0.2) is 18.2 Å². The van der Waals surface area contributed by atoms with Crippen LogP contribution in [0.3, 0.4) is 0 Å². The van der Waals surface area contributed by atoms with E-state index in [4.69, 9.17) is 8.83 Å². The van der Waals surface area contributed by atoms with Crippen LogP contribution in [0.15, 0.2) is 75.8 Å². The maximum atomic E-state index is 16.3. The van der Waals surface area contributed by atoms with Crippen LogP contribution in [-0.2, 0) is 0 Å². The van der Waals surface area contributed by atoms with Crippen LogP contribution in [-0.4, -0.2) is 28.8 Å². The Morgan fingerprint density at radius 2 is 1.67 bits per heavy atom. The van der Waals surface area contributed by atoms with Crippen LogP contribution in [0.2, 0.25) is 0 Å². The minimum Gasteiger partial charge on any atom is -0.455 e. The van der Waals surface area contributed by atoms with Crippen molar-refractivity contribution in [3.8, 4) is 22.5 Å². The second kappa shape index (κ2) is 10.8. The van der Waals surface area contributed by atoms with Crippen LogP contribution < -0.4 is 10.6 Å². The first-order valence-electron chi connectivity index (χ1n) is 13.2. The highest BCUT2D eigenvalue weighted by atomic mass is 19.1. The Hall–Kier alpha value is -5.45. The lowest BCUT2D eigenvalue weighted by molar-refractivity contribution is 0.0932. The molecule has 1 atom stereocenters. The quantitative estimate of drug-likeness (QED) is 0.221. The average Bonchev–Trinajstić information content (AvgIpc) is 3.62. The number of halogens is 3. The molecular formula is C32H23F3N4O4. The monoisotopic (exact) mass is 584 g/mol. The van der Waals surface area contributed by atoms with Gasteiger partial charge < -0.3 is 19.5 Å². The lowest BCUT2D eigenvalue weighted by atomic mass is 9.94. The number of pyridine rings is 1. The highest BCUT2D eigenvalue weighted by Gasteiger charge is 2.27. The second-order valence-electron chi connectivity index (χ2n) is 9.91. The largest absolute Gasteiger partial charge is 0.455 e. The fourth-order valence-corrected chi connectivity index (χ4v) is 4.92. The van der Waals surface area contributed by atoms with Crippen LogP contribution in [0, 0.1) is 24.4 Å². The van der Waals surface area contributed by atoms with Crippen LogP contribution in [0.1, 0.15) is 45.1 Å². The summed E-state index contributed by atoms with van der Waals surface area (Å²) in [6.45, 7) is 3.12. The summed E-state index contributed by atoms with van der Waals surface area (Å²) in [5, 5.41) is 5.08. The molecule has 0 saturated carbocycles. The van der Waals surface area contributed by atoms with Crippen LogP contribution in [0.25, 0.3) is 44.5 Å². The van der Waals surface area contributed by atoms with Gasteiger partial charge in [0.05, 0.1) is 17.1 Å². The molecule has 11 heteroatoms. The SMILES string of the molecule is CNC(=O)c1c(-c2ccc(F)cc2)oc2ccc(-c3cc(C(=O)N[C@H](C)c4nc5cnccc5o4)cc(F)c3C)c(F)c12. The lowest BCUT2D eigenvalue weighted by Gasteiger charge is -2.14. The van der Waals surface area contributed by atoms with Gasteiger partial charge in [0.25, 0.3) is 11.8 Å². The third kappa shape index (κ3) is 4.88. The summed E-state index contributed by atoms with van der Waals surface area (Å²) in [6, 6.07) is 11.5. The number of furan rings is 1. The number of aromatic nitrogens is 2. The van der Waals surface area contributed by atoms with E-state index in [-0.39, 0.29) is 50.4 Å². The summed E-state index contributed by atoms with van der Waals surface area (Å²) in [6.07, 6.45) is 3.08. The van der Waals surface area contributed by atoms with Crippen molar-refractivity contribution in [1.29, 1.82) is 0 Å². The molecule has 6 rings (SSSR count). The maximum absolute atomic E-state index is 16.3. The number of oxazole rings is 1. The Morgan fingerprint density at radius 3 is 2.40 bits per heavy atom. The van der Waals surface area contributed by atoms with E-state index in [1.807, 2.05) is 0 Å². The highest BCUT2D eigenvalue weighted by molar-refractivity contribution is 6.12. The van der Waals surface area contributed by atoms with Gasteiger partial charge in [0.15, 0.2) is 5.58 Å². The molecule has 43 heavy (non-hydrogen) atoms. The van der Waals surface area contributed by atoms with Crippen LogP contribution in [0.5, 0.6) is 0 Å². The number of carbonyl (C=O) groups excluding carboxylic acids is 2. The van der Waals surface area contributed by atoms with Crippen LogP contribution in [0.4, 0.5) is 13.2 Å². The van der Waals surface area contributed by atoms with Crippen molar-refractivity contribution in [2.45, 2.75) is 19.9 Å². The minimum atomic E-state index is -0.846. The van der Waals surface area contributed by atoms with E-state index in [9.17, 15) is 14.0 Å². The fourth-order valence-electron chi connectivity index (χ4n) is 4.92. The molecule has 0 bridgehead atoms. The topological polar surface area (TPSA) is 110 Å². The van der Waals surface area contributed by atoms with Crippen LogP contribution >= 0.6 is 0 Å². The molecule has 6 aromatic rings. The number of hydrogen-bond donors (Lipinski definition) is 2. The van der Waals surface area contributed by atoms with Crippen molar-refractivity contribution in [3.63, 3.8) is 0 Å². The Bertz CT molecular complexity index is 2020. The van der Waals surface area contributed by atoms with E-state index in [2.05, 4.69) is 20.6 Å². The Morgan fingerprint density at radius 1 is 0.907 bits per heavy atom. The summed E-state index contributed by atoms with van der Waals surface area (Å²) in [5.41, 5.74) is 1.44. The zero-order valence-electron chi connectivity index (χ0n) is 23.1. The highest BCUT2D eigenvalue weighted by Crippen LogP contribution is 2.40. The van der Waals surface area contributed by atoms with E-state index in [0.29, 0.717) is 16.7 Å². The number of amides is 2. The van der Waals surface area contributed by atoms with E-state index in [0.717, 1.165) is 6.07 Å². The van der Waals surface area contributed by atoms with Crippen molar-refractivity contribution in [1.82, 2.24) is 20.6 Å². The molecule has 8 nitrogen and oxygen atoms in total. The van der Waals surface area contributed by atoms with E-state index >= 15 is 8.78 Å². The van der Waals surface area contributed by atoms with E-state index in [1.54, 1.807) is 19.2 Å². The fraction of sp³-hybridized carbons (Fsp3) is 0.125. The molecule has 0 aliphatic heterocycles. The number of nitrogens with one attached hydrogen (secondary N) is 2. The predicted molar refractivity (Wildman–Crippen MR) is 153 cm³/mol. The molecule has 216 valence electrons. The van der Waals surface area contributed by atoms with Gasteiger partial charge in [-0.05, 0) is 73.5 Å². The van der Waals surface area contributed by atoms with E-state index < -0.39 is 35.3 Å². The van der Waals surface area contributed by atoms with Crippen molar-refractivity contribution in [3.05, 3.63) is 107 Å². The summed E-state index contributed by atoms with van der Waals surface area (Å²) in [5.74, 6) is -3.05. The van der Waals surface area contributed by atoms with Gasteiger partial charge in [0, 0.05) is 36.0 Å². The minimum absolute atomic E-state index is 0.0466. The molecule has 3 heterocycles. The third-order valence-corrected chi connectivity index (χ3v) is 7.17. The Kier molecular flexibility index (Phi) is 6.93. The Balaban J connectivity index is 1.41. The molecule has 3 aromatic carbocycles. The average molecular weight is 585 g/mol. The smallest absolute Gasteiger partial charge is 0.255 e. The summed E-state index contributed by atoms with van der Waals surface area (Å²) < 4.78 is 56.6. The molecule has 0 aliphatic rings. The summed E-state index contributed by atoms with van der Waals surface area (Å²) in [4.78, 5) is 34.5. The van der Waals surface area contributed by atoms with Gasteiger partial charge in [-0.15, -0.1) is 0 Å². The number of benzene rings is 3. The van der Waals surface area contributed by atoms with Crippen molar-refractivity contribution < 1.29 is 31.6 Å². The normalized spacial score (nSPS) is 12.0. The molecule has 0 radical (unpaired) electrons. The maximum Gasteiger partial charge on any atom is 0.255 e. The van der Waals surface area contributed by atoms with Gasteiger partial charge in [-0.2, -0.15) is 0 Å². The molecule has 0 saturated heterocycles. The number of hydrogen-bond acceptors (Lipinski definition) is 6. The molecule has 2 amide bonds. The first kappa shape index (κ1) is 27.7. The van der Waals surface area contributed by atoms with Gasteiger partial charge >= 0.3 is 0 Å². The number of fused-ring (bicyclic) bond motifs is 2. The zero-order valence-corrected chi connectivity index (χ0v) is 23.1. The third-order valence-electron chi connectivity index (χ3n) is 7.17. The number of carbonyl (C=O) groups is 2. The lowest BCUT2D eigenvalue weighted by Crippen LogP contribution is -2.27. The van der Waals surface area contributed by atoms with Gasteiger partial charge in [0.2, 0.25) is 5.89 Å². The molecule has 0 aliphatic carbocycles. The summed E-state index contributed by atoms with van der Waals surface area (Å²) >= 11 is 0. The number of rotatable bonds is 6. The molecule has 0 fully saturated rings. The first-order chi connectivity index (χ1) is 20.7. The second-order valence-corrected chi connectivity index (χ2v) is 9.91. The molecule has 0 spiro atoms. The van der Waals surface area contributed by atoms with Crippen molar-refractivity contribution in [2.24, 2.45) is 0 Å². The predicted octanol–water partition coefficient (Wildman–Crippen LogP) is 6.88. The van der Waals surface area contributed by atoms with Gasteiger partial charge in [-0.3, -0.25) is 14.6 Å².